The van der Waals surface area contributed by atoms with Crippen molar-refractivity contribution < 1.29 is 4.79 Å². The number of amides is 2. The van der Waals surface area contributed by atoms with Crippen LogP contribution < -0.4 is 10.9 Å². The highest BCUT2D eigenvalue weighted by atomic mass is 16.2. The van der Waals surface area contributed by atoms with E-state index >= 15 is 0 Å². The molecule has 4 rings (SSSR count). The molecule has 1 aromatic rings. The highest BCUT2D eigenvalue weighted by Crippen LogP contribution is 2.22. The maximum atomic E-state index is 12.3. The van der Waals surface area contributed by atoms with Gasteiger partial charge in [-0.1, -0.05) is 12.8 Å². The van der Waals surface area contributed by atoms with Crippen molar-refractivity contribution in [1.82, 2.24) is 20.0 Å². The standard InChI is InChI=1S/C19H28N4O2/c24-18-12-15-4-3-7-17(15)21-23(18)13-14-8-10-22(11-9-14)19(25)20-16-5-1-2-6-16/h12,14,16H,1-11,13H2,(H,20,25). The molecule has 0 aromatic carbocycles. The van der Waals surface area contributed by atoms with Gasteiger partial charge in [0.05, 0.1) is 5.69 Å². The number of nitrogens with one attached hydrogen (secondary N) is 1. The minimum Gasteiger partial charge on any atom is -0.335 e. The predicted molar refractivity (Wildman–Crippen MR) is 95.6 cm³/mol. The van der Waals surface area contributed by atoms with Crippen molar-refractivity contribution >= 4 is 6.03 Å². The van der Waals surface area contributed by atoms with E-state index in [-0.39, 0.29) is 11.6 Å². The Balaban J connectivity index is 1.30. The molecular weight excluding hydrogens is 316 g/mol. The number of hydrogen-bond acceptors (Lipinski definition) is 3. The summed E-state index contributed by atoms with van der Waals surface area (Å²) in [4.78, 5) is 26.5. The number of likely N-dealkylation sites (tertiary alicyclic amines) is 1. The molecule has 0 unspecified atom stereocenters. The van der Waals surface area contributed by atoms with E-state index in [1.54, 1.807) is 10.7 Å². The molecule has 0 atom stereocenters. The van der Waals surface area contributed by atoms with Crippen molar-refractivity contribution in [2.45, 2.75) is 70.4 Å². The molecule has 0 radical (unpaired) electrons. The van der Waals surface area contributed by atoms with E-state index in [1.807, 2.05) is 4.90 Å². The molecule has 6 heteroatoms. The number of hydrogen-bond donors (Lipinski definition) is 1. The third-order valence-electron chi connectivity index (χ3n) is 6.04. The zero-order valence-corrected chi connectivity index (χ0v) is 14.9. The number of urea groups is 1. The lowest BCUT2D eigenvalue weighted by Crippen LogP contribution is -2.47. The Morgan fingerprint density at radius 3 is 2.64 bits per heavy atom. The number of aromatic nitrogens is 2. The van der Waals surface area contributed by atoms with Crippen LogP contribution in [0.5, 0.6) is 0 Å². The smallest absolute Gasteiger partial charge is 0.317 e. The molecule has 1 saturated heterocycles. The Morgan fingerprint density at radius 2 is 1.88 bits per heavy atom. The van der Waals surface area contributed by atoms with Crippen LogP contribution in [0.1, 0.15) is 56.2 Å². The fourth-order valence-electron chi connectivity index (χ4n) is 4.47. The molecule has 6 nitrogen and oxygen atoms in total. The summed E-state index contributed by atoms with van der Waals surface area (Å²) in [5.41, 5.74) is 2.27. The molecule has 1 aliphatic heterocycles. The van der Waals surface area contributed by atoms with Crippen LogP contribution in [0.2, 0.25) is 0 Å². The first kappa shape index (κ1) is 16.6. The first-order valence-electron chi connectivity index (χ1n) is 9.84. The minimum absolute atomic E-state index is 0.0297. The molecule has 25 heavy (non-hydrogen) atoms. The largest absolute Gasteiger partial charge is 0.335 e. The summed E-state index contributed by atoms with van der Waals surface area (Å²) in [6, 6.07) is 2.25. The topological polar surface area (TPSA) is 67.2 Å². The third-order valence-corrected chi connectivity index (χ3v) is 6.04. The van der Waals surface area contributed by atoms with E-state index in [0.717, 1.165) is 69.3 Å². The van der Waals surface area contributed by atoms with Gasteiger partial charge in [-0.25, -0.2) is 9.48 Å². The molecule has 2 heterocycles. The normalized spacial score (nSPS) is 21.5. The Kier molecular flexibility index (Phi) is 4.77. The number of fused-ring (bicyclic) bond motifs is 1. The van der Waals surface area contributed by atoms with Gasteiger partial charge < -0.3 is 10.2 Å². The summed E-state index contributed by atoms with van der Waals surface area (Å²) in [5.74, 6) is 0.431. The van der Waals surface area contributed by atoms with Gasteiger partial charge in [0.1, 0.15) is 0 Å². The van der Waals surface area contributed by atoms with Gasteiger partial charge in [-0.05, 0) is 56.4 Å². The Hall–Kier alpha value is -1.85. The summed E-state index contributed by atoms with van der Waals surface area (Å²) in [7, 11) is 0. The lowest BCUT2D eigenvalue weighted by molar-refractivity contribution is 0.160. The number of aryl methyl sites for hydroxylation is 2. The summed E-state index contributed by atoms with van der Waals surface area (Å²) in [5, 5.41) is 7.75. The number of carbonyl (C=O) groups excluding carboxylic acids is 1. The van der Waals surface area contributed by atoms with E-state index in [9.17, 15) is 9.59 Å². The maximum absolute atomic E-state index is 12.3. The number of carbonyl (C=O) groups is 1. The Labute approximate surface area is 148 Å². The van der Waals surface area contributed by atoms with Crippen molar-refractivity contribution in [3.63, 3.8) is 0 Å². The molecule has 1 saturated carbocycles. The molecule has 2 fully saturated rings. The van der Waals surface area contributed by atoms with Crippen molar-refractivity contribution in [3.05, 3.63) is 27.7 Å². The van der Waals surface area contributed by atoms with Crippen molar-refractivity contribution in [2.24, 2.45) is 5.92 Å². The molecule has 1 aromatic heterocycles. The average molecular weight is 344 g/mol. The number of rotatable bonds is 3. The summed E-state index contributed by atoms with van der Waals surface area (Å²) >= 11 is 0. The first-order chi connectivity index (χ1) is 12.2. The van der Waals surface area contributed by atoms with E-state index in [4.69, 9.17) is 0 Å². The molecule has 2 amide bonds. The SMILES string of the molecule is O=C(NC1CCCC1)N1CCC(Cn2nc3c(cc2=O)CCC3)CC1. The highest BCUT2D eigenvalue weighted by molar-refractivity contribution is 5.74. The van der Waals surface area contributed by atoms with E-state index in [2.05, 4.69) is 10.4 Å². The second-order valence-corrected chi connectivity index (χ2v) is 7.85. The fourth-order valence-corrected chi connectivity index (χ4v) is 4.47. The van der Waals surface area contributed by atoms with E-state index in [1.165, 1.54) is 12.8 Å². The second-order valence-electron chi connectivity index (χ2n) is 7.85. The second kappa shape index (κ2) is 7.18. The van der Waals surface area contributed by atoms with Crippen LogP contribution in [0.15, 0.2) is 10.9 Å². The van der Waals surface area contributed by atoms with Crippen LogP contribution in [0.25, 0.3) is 0 Å². The zero-order valence-electron chi connectivity index (χ0n) is 14.9. The van der Waals surface area contributed by atoms with Gasteiger partial charge in [-0.15, -0.1) is 0 Å². The van der Waals surface area contributed by atoms with Gasteiger partial charge in [0.2, 0.25) is 0 Å². The van der Waals surface area contributed by atoms with Crippen LogP contribution in [-0.2, 0) is 19.4 Å². The van der Waals surface area contributed by atoms with E-state index in [0.29, 0.717) is 18.5 Å². The quantitative estimate of drug-likeness (QED) is 0.913. The van der Waals surface area contributed by atoms with Crippen LogP contribution in [-0.4, -0.2) is 39.8 Å². The molecule has 0 spiro atoms. The molecule has 1 N–H and O–H groups in total. The average Bonchev–Trinajstić information content (AvgIpc) is 3.27. The summed E-state index contributed by atoms with van der Waals surface area (Å²) < 4.78 is 1.66. The molecular formula is C19H28N4O2. The molecule has 3 aliphatic rings. The lowest BCUT2D eigenvalue weighted by Gasteiger charge is -2.32. The fraction of sp³-hybridized carbons (Fsp3) is 0.737. The molecule has 2 aliphatic carbocycles. The van der Waals surface area contributed by atoms with Crippen LogP contribution in [0, 0.1) is 5.92 Å². The van der Waals surface area contributed by atoms with Crippen LogP contribution in [0.3, 0.4) is 0 Å². The zero-order chi connectivity index (χ0) is 17.2. The van der Waals surface area contributed by atoms with Gasteiger partial charge in [0.25, 0.3) is 5.56 Å². The van der Waals surface area contributed by atoms with Gasteiger partial charge in [0.15, 0.2) is 0 Å². The van der Waals surface area contributed by atoms with Gasteiger partial charge in [-0.2, -0.15) is 5.10 Å². The summed E-state index contributed by atoms with van der Waals surface area (Å²) in [6.45, 7) is 2.25. The predicted octanol–water partition coefficient (Wildman–Crippen LogP) is 2.10. The highest BCUT2D eigenvalue weighted by Gasteiger charge is 2.26. The summed E-state index contributed by atoms with van der Waals surface area (Å²) in [6.07, 6.45) is 9.70. The number of piperidine rings is 1. The first-order valence-corrected chi connectivity index (χ1v) is 9.84. The van der Waals surface area contributed by atoms with Crippen molar-refractivity contribution in [1.29, 1.82) is 0 Å². The van der Waals surface area contributed by atoms with Gasteiger partial charge in [-0.3, -0.25) is 4.79 Å². The Bertz CT molecular complexity index is 685. The van der Waals surface area contributed by atoms with Crippen LogP contribution in [0.4, 0.5) is 4.79 Å². The molecule has 136 valence electrons. The minimum atomic E-state index is 0.0297. The Morgan fingerprint density at radius 1 is 1.12 bits per heavy atom. The van der Waals surface area contributed by atoms with Crippen molar-refractivity contribution in [3.8, 4) is 0 Å². The van der Waals surface area contributed by atoms with Crippen molar-refractivity contribution in [2.75, 3.05) is 13.1 Å². The van der Waals surface area contributed by atoms with Gasteiger partial charge in [0, 0.05) is 31.7 Å². The maximum Gasteiger partial charge on any atom is 0.317 e. The number of nitrogens with zero attached hydrogens (tertiary/aromatic N) is 3. The molecule has 0 bridgehead atoms. The van der Waals surface area contributed by atoms with Crippen LogP contribution >= 0.6 is 0 Å². The lowest BCUT2D eigenvalue weighted by atomic mass is 9.97. The monoisotopic (exact) mass is 344 g/mol. The van der Waals surface area contributed by atoms with Gasteiger partial charge >= 0.3 is 6.03 Å². The third kappa shape index (κ3) is 3.72. The van der Waals surface area contributed by atoms with E-state index < -0.39 is 0 Å².